The first-order valence-electron chi connectivity index (χ1n) is 10.9. The molecule has 4 rings (SSSR count). The van der Waals surface area contributed by atoms with E-state index in [0.717, 1.165) is 43.4 Å². The quantitative estimate of drug-likeness (QED) is 0.252. The molecule has 1 aliphatic carbocycles. The minimum atomic E-state index is -4.54. The smallest absolute Gasteiger partial charge is 0.429 e. The van der Waals surface area contributed by atoms with Crippen molar-refractivity contribution < 1.29 is 31.1 Å². The Hall–Kier alpha value is -2.67. The summed E-state index contributed by atoms with van der Waals surface area (Å²) in [6.45, 7) is 2.23. The van der Waals surface area contributed by atoms with Crippen molar-refractivity contribution >= 4 is 11.6 Å². The van der Waals surface area contributed by atoms with Gasteiger partial charge in [-0.05, 0) is 53.5 Å². The zero-order valence-electron chi connectivity index (χ0n) is 18.2. The number of hydrogen-bond donors (Lipinski definition) is 0. The Labute approximate surface area is 198 Å². The van der Waals surface area contributed by atoms with E-state index in [2.05, 4.69) is 11.7 Å². The summed E-state index contributed by atoms with van der Waals surface area (Å²) in [5.74, 6) is -5.65. The summed E-state index contributed by atoms with van der Waals surface area (Å²) in [6, 6.07) is 9.54. The van der Waals surface area contributed by atoms with E-state index in [-0.39, 0.29) is 5.56 Å². The second kappa shape index (κ2) is 9.53. The van der Waals surface area contributed by atoms with E-state index in [1.54, 1.807) is 12.1 Å². The maximum Gasteiger partial charge on any atom is 0.432 e. The van der Waals surface area contributed by atoms with Gasteiger partial charge in [0.2, 0.25) is 0 Å². The molecule has 0 N–H and O–H groups in total. The molecule has 1 saturated carbocycles. The van der Waals surface area contributed by atoms with Gasteiger partial charge in [-0.25, -0.2) is 17.6 Å². The standard InChI is InChI=1S/C26H21ClF6O/c1-14-2-4-15(5-3-14)16-6-8-17(9-7-16)18-10-20(28)24(21(29)11-18)26(32,33)34-19-12-22(30)25(27)23(31)13-19/h6-15H,2-5H2,1H3. The highest BCUT2D eigenvalue weighted by Crippen LogP contribution is 2.39. The van der Waals surface area contributed by atoms with Gasteiger partial charge >= 0.3 is 6.11 Å². The van der Waals surface area contributed by atoms with Gasteiger partial charge in [-0.3, -0.25) is 0 Å². The van der Waals surface area contributed by atoms with Crippen LogP contribution < -0.4 is 4.74 Å². The number of alkyl halides is 2. The molecule has 1 aliphatic rings. The predicted octanol–water partition coefficient (Wildman–Crippen LogP) is 8.99. The SMILES string of the molecule is CC1CCC(c2ccc(-c3cc(F)c(C(F)(F)Oc4cc(F)c(Cl)c(F)c4)c(F)c3)cc2)CC1. The van der Waals surface area contributed by atoms with E-state index in [4.69, 9.17) is 11.6 Å². The van der Waals surface area contributed by atoms with Crippen LogP contribution in [-0.4, -0.2) is 0 Å². The second-order valence-electron chi connectivity index (χ2n) is 8.71. The number of ether oxygens (including phenoxy) is 1. The molecule has 0 atom stereocenters. The highest BCUT2D eigenvalue weighted by molar-refractivity contribution is 6.30. The van der Waals surface area contributed by atoms with Crippen LogP contribution in [0.2, 0.25) is 5.02 Å². The second-order valence-corrected chi connectivity index (χ2v) is 9.09. The fourth-order valence-corrected chi connectivity index (χ4v) is 4.46. The van der Waals surface area contributed by atoms with Crippen LogP contribution in [0.1, 0.15) is 49.7 Å². The Balaban J connectivity index is 1.58. The van der Waals surface area contributed by atoms with Gasteiger partial charge < -0.3 is 4.74 Å². The van der Waals surface area contributed by atoms with Crippen LogP contribution in [0, 0.1) is 29.2 Å². The van der Waals surface area contributed by atoms with Gasteiger partial charge in [-0.1, -0.05) is 55.6 Å². The molecule has 0 spiro atoms. The zero-order valence-corrected chi connectivity index (χ0v) is 18.9. The van der Waals surface area contributed by atoms with Gasteiger partial charge in [-0.15, -0.1) is 0 Å². The summed E-state index contributed by atoms with van der Waals surface area (Å²) in [5, 5.41) is -0.915. The molecule has 0 radical (unpaired) electrons. The fourth-order valence-electron chi connectivity index (χ4n) is 4.35. The average molecular weight is 499 g/mol. The normalized spacial score (nSPS) is 18.7. The average Bonchev–Trinajstić information content (AvgIpc) is 2.77. The molecule has 0 amide bonds. The first-order valence-corrected chi connectivity index (χ1v) is 11.2. The summed E-state index contributed by atoms with van der Waals surface area (Å²) in [6.07, 6.45) is -0.0862. The monoisotopic (exact) mass is 498 g/mol. The summed E-state index contributed by atoms with van der Waals surface area (Å²) < 4.78 is 89.8. The van der Waals surface area contributed by atoms with E-state index in [9.17, 15) is 26.3 Å². The predicted molar refractivity (Wildman–Crippen MR) is 118 cm³/mol. The molecule has 3 aromatic carbocycles. The van der Waals surface area contributed by atoms with Crippen molar-refractivity contribution in [1.29, 1.82) is 0 Å². The van der Waals surface area contributed by atoms with Gasteiger partial charge in [0.05, 0.1) is 0 Å². The molecule has 180 valence electrons. The summed E-state index contributed by atoms with van der Waals surface area (Å²) in [7, 11) is 0. The van der Waals surface area contributed by atoms with Crippen molar-refractivity contribution in [3.63, 3.8) is 0 Å². The maximum absolute atomic E-state index is 14.7. The number of rotatable bonds is 5. The molecule has 8 heteroatoms. The van der Waals surface area contributed by atoms with E-state index in [1.165, 1.54) is 0 Å². The van der Waals surface area contributed by atoms with Crippen molar-refractivity contribution in [1.82, 2.24) is 0 Å². The van der Waals surface area contributed by atoms with Crippen LogP contribution in [0.5, 0.6) is 5.75 Å². The molecule has 1 nitrogen and oxygen atoms in total. The molecule has 0 aliphatic heterocycles. The van der Waals surface area contributed by atoms with Crippen LogP contribution in [0.15, 0.2) is 48.5 Å². The summed E-state index contributed by atoms with van der Waals surface area (Å²) in [4.78, 5) is 0. The van der Waals surface area contributed by atoms with Crippen molar-refractivity contribution in [3.05, 3.63) is 87.9 Å². The van der Waals surface area contributed by atoms with Gasteiger partial charge in [0.1, 0.15) is 39.6 Å². The molecule has 1 fully saturated rings. The molecular weight excluding hydrogens is 478 g/mol. The minimum absolute atomic E-state index is 0.0712. The minimum Gasteiger partial charge on any atom is -0.429 e. The first-order chi connectivity index (χ1) is 16.0. The van der Waals surface area contributed by atoms with Crippen LogP contribution in [0.3, 0.4) is 0 Å². The van der Waals surface area contributed by atoms with E-state index in [1.807, 2.05) is 12.1 Å². The third kappa shape index (κ3) is 5.04. The van der Waals surface area contributed by atoms with Crippen LogP contribution in [0.4, 0.5) is 26.3 Å². The Kier molecular flexibility index (Phi) is 6.85. The number of hydrogen-bond acceptors (Lipinski definition) is 1. The Morgan fingerprint density at radius 2 is 1.29 bits per heavy atom. The van der Waals surface area contributed by atoms with Crippen molar-refractivity contribution in [2.45, 2.75) is 44.6 Å². The van der Waals surface area contributed by atoms with Crippen LogP contribution in [-0.2, 0) is 6.11 Å². The fraction of sp³-hybridized carbons (Fsp3) is 0.308. The molecule has 0 unspecified atom stereocenters. The highest BCUT2D eigenvalue weighted by Gasteiger charge is 2.41. The zero-order chi connectivity index (χ0) is 24.6. The van der Waals surface area contributed by atoms with Crippen molar-refractivity contribution in [2.24, 2.45) is 5.92 Å². The molecule has 34 heavy (non-hydrogen) atoms. The largest absolute Gasteiger partial charge is 0.432 e. The van der Waals surface area contributed by atoms with E-state index < -0.39 is 45.7 Å². The third-order valence-electron chi connectivity index (χ3n) is 6.27. The lowest BCUT2D eigenvalue weighted by Gasteiger charge is -2.26. The highest BCUT2D eigenvalue weighted by atomic mass is 35.5. The molecule has 0 saturated heterocycles. The van der Waals surface area contributed by atoms with Crippen molar-refractivity contribution in [3.8, 4) is 16.9 Å². The van der Waals surface area contributed by atoms with Gasteiger partial charge in [0, 0.05) is 12.1 Å². The lowest BCUT2D eigenvalue weighted by atomic mass is 9.79. The Bertz CT molecular complexity index is 1140. The van der Waals surface area contributed by atoms with E-state index >= 15 is 0 Å². The van der Waals surface area contributed by atoms with Gasteiger partial charge in [0.25, 0.3) is 0 Å². The lowest BCUT2D eigenvalue weighted by Crippen LogP contribution is -2.25. The molecule has 0 bridgehead atoms. The van der Waals surface area contributed by atoms with Gasteiger partial charge in [-0.2, -0.15) is 8.78 Å². The topological polar surface area (TPSA) is 9.23 Å². The first kappa shape index (κ1) is 24.5. The van der Waals surface area contributed by atoms with Crippen LogP contribution >= 0.6 is 11.6 Å². The maximum atomic E-state index is 14.7. The molecule has 3 aromatic rings. The van der Waals surface area contributed by atoms with Gasteiger partial charge in [0.15, 0.2) is 0 Å². The summed E-state index contributed by atoms with van der Waals surface area (Å²) >= 11 is 5.31. The number of halogens is 7. The Morgan fingerprint density at radius 1 is 0.765 bits per heavy atom. The molecule has 0 heterocycles. The number of benzene rings is 3. The Morgan fingerprint density at radius 3 is 1.82 bits per heavy atom. The van der Waals surface area contributed by atoms with Crippen LogP contribution in [0.25, 0.3) is 11.1 Å². The molecular formula is C26H21ClF6O. The summed E-state index contributed by atoms with van der Waals surface area (Å²) in [5.41, 5.74) is 0.000780. The van der Waals surface area contributed by atoms with Crippen molar-refractivity contribution in [2.75, 3.05) is 0 Å². The lowest BCUT2D eigenvalue weighted by molar-refractivity contribution is -0.189. The molecule has 0 aromatic heterocycles. The third-order valence-corrected chi connectivity index (χ3v) is 6.63. The van der Waals surface area contributed by atoms with E-state index in [0.29, 0.717) is 29.5 Å².